The molecule has 0 radical (unpaired) electrons. The van der Waals surface area contributed by atoms with Gasteiger partial charge in [-0.25, -0.2) is 0 Å². The van der Waals surface area contributed by atoms with Gasteiger partial charge in [0, 0.05) is 18.2 Å². The van der Waals surface area contributed by atoms with Gasteiger partial charge in [0.15, 0.2) is 12.9 Å². The van der Waals surface area contributed by atoms with Crippen molar-refractivity contribution in [2.45, 2.75) is 25.9 Å². The Balaban J connectivity index is 1.89. The van der Waals surface area contributed by atoms with Crippen LogP contribution in [0.3, 0.4) is 0 Å². The number of ether oxygens (including phenoxy) is 3. The third kappa shape index (κ3) is 4.13. The molecule has 1 aliphatic rings. The second kappa shape index (κ2) is 8.18. The number of carbonyl (C=O) groups is 1. The molecular weight excluding hydrogens is 338 g/mol. The van der Waals surface area contributed by atoms with Gasteiger partial charge in [0.05, 0.1) is 5.69 Å². The van der Waals surface area contributed by atoms with Crippen LogP contribution in [0.2, 0.25) is 0 Å². The van der Waals surface area contributed by atoms with E-state index in [1.807, 2.05) is 30.3 Å². The quantitative estimate of drug-likeness (QED) is 0.654. The first-order chi connectivity index (χ1) is 12.6. The third-order valence-electron chi connectivity index (χ3n) is 3.89. The zero-order valence-electron chi connectivity index (χ0n) is 14.3. The zero-order valence-corrected chi connectivity index (χ0v) is 14.3. The number of anilines is 1. The third-order valence-corrected chi connectivity index (χ3v) is 3.89. The van der Waals surface area contributed by atoms with Crippen LogP contribution < -0.4 is 14.8 Å². The fourth-order valence-corrected chi connectivity index (χ4v) is 2.66. The highest BCUT2D eigenvalue weighted by Crippen LogP contribution is 2.40. The molecule has 2 aromatic rings. The lowest BCUT2D eigenvalue weighted by Crippen LogP contribution is -2.28. The fourth-order valence-electron chi connectivity index (χ4n) is 2.66. The molecule has 0 spiro atoms. The molecule has 3 rings (SSSR count). The molecule has 26 heavy (non-hydrogen) atoms. The van der Waals surface area contributed by atoms with Crippen molar-refractivity contribution in [1.29, 1.82) is 0 Å². The van der Waals surface area contributed by atoms with Crippen LogP contribution in [0.25, 0.3) is 0 Å². The Labute approximate surface area is 151 Å². The molecule has 2 aromatic carbocycles. The van der Waals surface area contributed by atoms with E-state index in [-0.39, 0.29) is 24.7 Å². The minimum absolute atomic E-state index is 0.165. The van der Waals surface area contributed by atoms with Crippen molar-refractivity contribution in [3.63, 3.8) is 0 Å². The number of rotatable bonds is 7. The molecule has 0 bridgehead atoms. The first-order valence-electron chi connectivity index (χ1n) is 8.33. The summed E-state index contributed by atoms with van der Waals surface area (Å²) >= 11 is 0. The van der Waals surface area contributed by atoms with E-state index in [1.54, 1.807) is 19.1 Å². The standard InChI is InChI=1S/C19H21NO6/c1-2-24-19(23)17(22)14-8-13(25-10-12-6-4-3-5-7-12)9-15-18(14)26-11-16(21)20-15/h3-9,17,19,22-23H,2,10-11H2,1H3,(H,20,21). The second-order valence-corrected chi connectivity index (χ2v) is 5.79. The van der Waals surface area contributed by atoms with E-state index in [1.165, 1.54) is 0 Å². The SMILES string of the molecule is CCOC(O)C(O)c1cc(OCc2ccccc2)cc2c1OCC(=O)N2. The van der Waals surface area contributed by atoms with Gasteiger partial charge in [-0.15, -0.1) is 0 Å². The Morgan fingerprint density at radius 3 is 2.73 bits per heavy atom. The predicted octanol–water partition coefficient (Wildman–Crippen LogP) is 1.98. The van der Waals surface area contributed by atoms with Crippen LogP contribution in [0.1, 0.15) is 24.2 Å². The number of aliphatic hydroxyl groups excluding tert-OH is 2. The molecule has 0 aromatic heterocycles. The Morgan fingerprint density at radius 1 is 1.23 bits per heavy atom. The van der Waals surface area contributed by atoms with Crippen LogP contribution in [0.15, 0.2) is 42.5 Å². The largest absolute Gasteiger partial charge is 0.489 e. The van der Waals surface area contributed by atoms with Crippen molar-refractivity contribution in [1.82, 2.24) is 0 Å². The first-order valence-corrected chi connectivity index (χ1v) is 8.33. The van der Waals surface area contributed by atoms with Gasteiger partial charge in [-0.05, 0) is 18.6 Å². The molecule has 1 amide bonds. The van der Waals surface area contributed by atoms with Crippen LogP contribution >= 0.6 is 0 Å². The number of hydrogen-bond donors (Lipinski definition) is 3. The molecule has 0 saturated heterocycles. The number of fused-ring (bicyclic) bond motifs is 1. The summed E-state index contributed by atoms with van der Waals surface area (Å²) in [5.41, 5.74) is 1.64. The predicted molar refractivity (Wildman–Crippen MR) is 93.9 cm³/mol. The van der Waals surface area contributed by atoms with E-state index < -0.39 is 12.4 Å². The number of carbonyl (C=O) groups excluding carboxylic acids is 1. The lowest BCUT2D eigenvalue weighted by molar-refractivity contribution is -0.161. The van der Waals surface area contributed by atoms with Gasteiger partial charge in [-0.2, -0.15) is 0 Å². The maximum atomic E-state index is 11.6. The van der Waals surface area contributed by atoms with Gasteiger partial charge in [-0.3, -0.25) is 4.79 Å². The van der Waals surface area contributed by atoms with Gasteiger partial charge in [0.25, 0.3) is 5.91 Å². The van der Waals surface area contributed by atoms with E-state index in [4.69, 9.17) is 14.2 Å². The van der Waals surface area contributed by atoms with Crippen LogP contribution in [-0.2, 0) is 16.1 Å². The summed E-state index contributed by atoms with van der Waals surface area (Å²) in [4.78, 5) is 11.6. The topological polar surface area (TPSA) is 97.2 Å². The fraction of sp³-hybridized carbons (Fsp3) is 0.316. The van der Waals surface area contributed by atoms with E-state index in [9.17, 15) is 15.0 Å². The number of nitrogens with one attached hydrogen (secondary N) is 1. The Morgan fingerprint density at radius 2 is 2.00 bits per heavy atom. The molecule has 2 atom stereocenters. The van der Waals surface area contributed by atoms with Crippen LogP contribution in [-0.4, -0.2) is 35.6 Å². The summed E-state index contributed by atoms with van der Waals surface area (Å²) in [5.74, 6) is 0.419. The molecule has 0 fully saturated rings. The molecular formula is C19H21NO6. The van der Waals surface area contributed by atoms with Crippen molar-refractivity contribution in [2.24, 2.45) is 0 Å². The van der Waals surface area contributed by atoms with E-state index in [0.717, 1.165) is 5.56 Å². The molecule has 1 heterocycles. The molecule has 2 unspecified atom stereocenters. The monoisotopic (exact) mass is 359 g/mol. The van der Waals surface area contributed by atoms with Crippen molar-refractivity contribution < 1.29 is 29.2 Å². The van der Waals surface area contributed by atoms with Gasteiger partial charge < -0.3 is 29.7 Å². The average molecular weight is 359 g/mol. The molecule has 7 nitrogen and oxygen atoms in total. The summed E-state index contributed by atoms with van der Waals surface area (Å²) in [5, 5.41) is 23.1. The normalized spacial score (nSPS) is 15.4. The Kier molecular flexibility index (Phi) is 5.72. The summed E-state index contributed by atoms with van der Waals surface area (Å²) < 4.78 is 16.3. The lowest BCUT2D eigenvalue weighted by atomic mass is 10.0. The van der Waals surface area contributed by atoms with Gasteiger partial charge >= 0.3 is 0 Å². The van der Waals surface area contributed by atoms with Crippen LogP contribution in [0.4, 0.5) is 5.69 Å². The highest BCUT2D eigenvalue weighted by Gasteiger charge is 2.28. The van der Waals surface area contributed by atoms with Crippen molar-refractivity contribution >= 4 is 11.6 Å². The Hall–Kier alpha value is -2.61. The van der Waals surface area contributed by atoms with Crippen LogP contribution in [0.5, 0.6) is 11.5 Å². The average Bonchev–Trinajstić information content (AvgIpc) is 2.65. The van der Waals surface area contributed by atoms with Gasteiger partial charge in [0.2, 0.25) is 0 Å². The highest BCUT2D eigenvalue weighted by atomic mass is 16.6. The van der Waals surface area contributed by atoms with Gasteiger partial charge in [-0.1, -0.05) is 30.3 Å². The number of benzene rings is 2. The number of amides is 1. The first kappa shape index (κ1) is 18.2. The minimum atomic E-state index is -1.42. The zero-order chi connectivity index (χ0) is 18.5. The van der Waals surface area contributed by atoms with Gasteiger partial charge in [0.1, 0.15) is 24.2 Å². The number of hydrogen-bond acceptors (Lipinski definition) is 6. The molecule has 7 heteroatoms. The second-order valence-electron chi connectivity index (χ2n) is 5.79. The van der Waals surface area contributed by atoms with Crippen molar-refractivity contribution in [3.05, 3.63) is 53.6 Å². The lowest BCUT2D eigenvalue weighted by Gasteiger charge is -2.26. The summed E-state index contributed by atoms with van der Waals surface area (Å²) in [7, 11) is 0. The molecule has 0 aliphatic carbocycles. The van der Waals surface area contributed by atoms with E-state index in [2.05, 4.69) is 5.32 Å². The molecule has 0 saturated carbocycles. The Bertz CT molecular complexity index is 764. The summed E-state index contributed by atoms with van der Waals surface area (Å²) in [6.45, 7) is 2.10. The summed E-state index contributed by atoms with van der Waals surface area (Å²) in [6, 6.07) is 12.8. The molecule has 3 N–H and O–H groups in total. The van der Waals surface area contributed by atoms with E-state index in [0.29, 0.717) is 23.8 Å². The number of aliphatic hydroxyl groups is 2. The molecule has 1 aliphatic heterocycles. The summed E-state index contributed by atoms with van der Waals surface area (Å²) in [6.07, 6.45) is -2.77. The minimum Gasteiger partial charge on any atom is -0.489 e. The van der Waals surface area contributed by atoms with E-state index >= 15 is 0 Å². The highest BCUT2D eigenvalue weighted by molar-refractivity contribution is 5.96. The van der Waals surface area contributed by atoms with Crippen molar-refractivity contribution in [3.8, 4) is 11.5 Å². The van der Waals surface area contributed by atoms with Crippen molar-refractivity contribution in [2.75, 3.05) is 18.5 Å². The maximum Gasteiger partial charge on any atom is 0.262 e. The van der Waals surface area contributed by atoms with Crippen LogP contribution in [0, 0.1) is 0 Å². The maximum absolute atomic E-state index is 11.6. The molecule has 138 valence electrons. The smallest absolute Gasteiger partial charge is 0.262 e.